The quantitative estimate of drug-likeness (QED) is 0.358. The van der Waals surface area contributed by atoms with Crippen LogP contribution < -0.4 is 21.9 Å². The average Bonchev–Trinajstić information content (AvgIpc) is 3.32. The van der Waals surface area contributed by atoms with Gasteiger partial charge in [-0.2, -0.15) is 0 Å². The highest BCUT2D eigenvalue weighted by Crippen LogP contribution is 2.26. The number of nitrogens with two attached hydrogens (primary N) is 1. The van der Waals surface area contributed by atoms with Crippen LogP contribution in [0.3, 0.4) is 0 Å². The summed E-state index contributed by atoms with van der Waals surface area (Å²) < 4.78 is 6.94. The maximum absolute atomic E-state index is 13.1. The molecule has 0 saturated heterocycles. The molecule has 0 fully saturated rings. The lowest BCUT2D eigenvalue weighted by Gasteiger charge is -2.22. The maximum Gasteiger partial charge on any atom is 0.330 e. The third kappa shape index (κ3) is 5.19. The van der Waals surface area contributed by atoms with Crippen molar-refractivity contribution in [3.05, 3.63) is 86.6 Å². The highest BCUT2D eigenvalue weighted by atomic mass is 32.2. The second kappa shape index (κ2) is 10.4. The van der Waals surface area contributed by atoms with Gasteiger partial charge in [0.1, 0.15) is 5.82 Å². The monoisotopic (exact) mass is 492 g/mol. The number of nitrogens with one attached hydrogen (secondary N) is 1. The predicted octanol–water partition coefficient (Wildman–Crippen LogP) is 2.67. The molecule has 2 aromatic carbocycles. The standard InChI is InChI=1S/C24H24N6O4S/c1-3-29(18(31)14-35-24-28-27-22(34-24)17-12-8-7-9-15(17)2)19-20(25)30(23(33)26-21(19)32)13-16-10-5-4-6-11-16/h4-12H,3,13-14,25H2,1-2H3,(H,26,32,33). The van der Waals surface area contributed by atoms with Crippen molar-refractivity contribution in [1.82, 2.24) is 19.7 Å². The van der Waals surface area contributed by atoms with Crippen molar-refractivity contribution in [3.8, 4) is 11.5 Å². The maximum atomic E-state index is 13.1. The van der Waals surface area contributed by atoms with Crippen LogP contribution in [-0.2, 0) is 11.3 Å². The summed E-state index contributed by atoms with van der Waals surface area (Å²) in [5.41, 5.74) is 7.42. The summed E-state index contributed by atoms with van der Waals surface area (Å²) in [6, 6.07) is 16.8. The number of benzene rings is 2. The van der Waals surface area contributed by atoms with Gasteiger partial charge in [0.05, 0.1) is 12.3 Å². The Morgan fingerprint density at radius 2 is 1.83 bits per heavy atom. The number of carbonyl (C=O) groups is 1. The number of aromatic amines is 1. The summed E-state index contributed by atoms with van der Waals surface area (Å²) in [6.07, 6.45) is 0. The van der Waals surface area contributed by atoms with Gasteiger partial charge in [-0.3, -0.25) is 19.1 Å². The van der Waals surface area contributed by atoms with E-state index < -0.39 is 17.2 Å². The molecule has 0 radical (unpaired) electrons. The first kappa shape index (κ1) is 24.0. The van der Waals surface area contributed by atoms with Crippen LogP contribution >= 0.6 is 11.8 Å². The fourth-order valence-corrected chi connectivity index (χ4v) is 4.25. The van der Waals surface area contributed by atoms with E-state index in [9.17, 15) is 14.4 Å². The summed E-state index contributed by atoms with van der Waals surface area (Å²) >= 11 is 1.06. The van der Waals surface area contributed by atoms with Crippen LogP contribution in [-0.4, -0.2) is 38.0 Å². The van der Waals surface area contributed by atoms with Gasteiger partial charge in [-0.1, -0.05) is 60.3 Å². The van der Waals surface area contributed by atoms with Gasteiger partial charge in [-0.05, 0) is 31.0 Å². The third-order valence-corrected chi connectivity index (χ3v) is 6.19. The van der Waals surface area contributed by atoms with Crippen molar-refractivity contribution in [2.45, 2.75) is 25.6 Å². The van der Waals surface area contributed by atoms with E-state index in [1.807, 2.05) is 61.5 Å². The van der Waals surface area contributed by atoms with Crippen molar-refractivity contribution in [1.29, 1.82) is 0 Å². The van der Waals surface area contributed by atoms with Crippen LogP contribution in [0.15, 0.2) is 73.8 Å². The molecule has 0 aliphatic carbocycles. The highest BCUT2D eigenvalue weighted by molar-refractivity contribution is 7.99. The van der Waals surface area contributed by atoms with E-state index in [1.165, 1.54) is 9.47 Å². The Morgan fingerprint density at radius 3 is 2.54 bits per heavy atom. The van der Waals surface area contributed by atoms with Crippen molar-refractivity contribution < 1.29 is 9.21 Å². The molecule has 3 N–H and O–H groups in total. The van der Waals surface area contributed by atoms with Crippen LogP contribution in [0, 0.1) is 6.92 Å². The molecule has 2 aromatic heterocycles. The summed E-state index contributed by atoms with van der Waals surface area (Å²) in [6.45, 7) is 3.99. The van der Waals surface area contributed by atoms with Gasteiger partial charge in [0.25, 0.3) is 10.8 Å². The van der Waals surface area contributed by atoms with Crippen molar-refractivity contribution >= 4 is 29.2 Å². The van der Waals surface area contributed by atoms with E-state index in [2.05, 4.69) is 15.2 Å². The number of hydrogen-bond donors (Lipinski definition) is 2. The van der Waals surface area contributed by atoms with Gasteiger partial charge < -0.3 is 15.1 Å². The number of carbonyl (C=O) groups excluding carboxylic acids is 1. The molecule has 1 amide bonds. The molecule has 4 rings (SSSR count). The van der Waals surface area contributed by atoms with Crippen molar-refractivity contribution in [2.24, 2.45) is 0 Å². The molecular formula is C24H24N6O4S. The van der Waals surface area contributed by atoms with E-state index >= 15 is 0 Å². The zero-order valence-corrected chi connectivity index (χ0v) is 20.0. The number of hydrogen-bond acceptors (Lipinski definition) is 8. The zero-order valence-electron chi connectivity index (χ0n) is 19.2. The lowest BCUT2D eigenvalue weighted by molar-refractivity contribution is -0.116. The van der Waals surface area contributed by atoms with Crippen molar-refractivity contribution in [2.75, 3.05) is 22.9 Å². The topological polar surface area (TPSA) is 140 Å². The van der Waals surface area contributed by atoms with E-state index in [1.54, 1.807) is 6.92 Å². The Morgan fingerprint density at radius 1 is 1.11 bits per heavy atom. The fourth-order valence-electron chi connectivity index (χ4n) is 3.61. The van der Waals surface area contributed by atoms with Gasteiger partial charge in [-0.15, -0.1) is 10.2 Å². The molecule has 0 saturated carbocycles. The molecular weight excluding hydrogens is 468 g/mol. The molecule has 0 aliphatic rings. The molecule has 35 heavy (non-hydrogen) atoms. The Balaban J connectivity index is 1.54. The fraction of sp³-hybridized carbons (Fsp3) is 0.208. The molecule has 0 unspecified atom stereocenters. The number of nitrogens with zero attached hydrogens (tertiary/aromatic N) is 4. The molecule has 0 atom stereocenters. The number of nitrogen functional groups attached to an aromatic ring is 1. The molecule has 180 valence electrons. The van der Waals surface area contributed by atoms with Gasteiger partial charge >= 0.3 is 5.69 Å². The summed E-state index contributed by atoms with van der Waals surface area (Å²) in [4.78, 5) is 41.7. The van der Waals surface area contributed by atoms with Crippen molar-refractivity contribution in [3.63, 3.8) is 0 Å². The number of rotatable bonds is 8. The Hall–Kier alpha value is -4.12. The number of amides is 1. The van der Waals surface area contributed by atoms with Crippen LogP contribution in [0.2, 0.25) is 0 Å². The van der Waals surface area contributed by atoms with Crippen LogP contribution in [0.25, 0.3) is 11.5 Å². The predicted molar refractivity (Wildman–Crippen MR) is 135 cm³/mol. The Bertz CT molecular complexity index is 1460. The van der Waals surface area contributed by atoms with Gasteiger partial charge in [0.15, 0.2) is 5.69 Å². The van der Waals surface area contributed by atoms with Crippen LogP contribution in [0.4, 0.5) is 11.5 Å². The third-order valence-electron chi connectivity index (χ3n) is 5.39. The summed E-state index contributed by atoms with van der Waals surface area (Å²) in [7, 11) is 0. The first-order chi connectivity index (χ1) is 16.9. The molecule has 0 bridgehead atoms. The smallest absolute Gasteiger partial charge is 0.330 e. The Kier molecular flexibility index (Phi) is 7.16. The highest BCUT2D eigenvalue weighted by Gasteiger charge is 2.24. The van der Waals surface area contributed by atoms with Gasteiger partial charge in [-0.25, -0.2) is 4.79 Å². The minimum atomic E-state index is -0.725. The SMILES string of the molecule is CCN(C(=O)CSc1nnc(-c2ccccc2C)o1)c1c(N)n(Cc2ccccc2)c(=O)[nH]c1=O. The van der Waals surface area contributed by atoms with Gasteiger partial charge in [0.2, 0.25) is 11.8 Å². The number of aryl methyl sites for hydroxylation is 1. The zero-order chi connectivity index (χ0) is 24.9. The molecule has 0 aliphatic heterocycles. The minimum Gasteiger partial charge on any atom is -0.411 e. The second-order valence-corrected chi connectivity index (χ2v) is 8.61. The normalized spacial score (nSPS) is 10.9. The lowest BCUT2D eigenvalue weighted by Crippen LogP contribution is -2.41. The van der Waals surface area contributed by atoms with E-state index in [0.717, 1.165) is 28.5 Å². The minimum absolute atomic E-state index is 0.0695. The molecule has 0 spiro atoms. The van der Waals surface area contributed by atoms with E-state index in [-0.39, 0.29) is 35.6 Å². The first-order valence-electron chi connectivity index (χ1n) is 10.9. The van der Waals surface area contributed by atoms with E-state index in [4.69, 9.17) is 10.2 Å². The number of thioether (sulfide) groups is 1. The lowest BCUT2D eigenvalue weighted by atomic mass is 10.1. The van der Waals surface area contributed by atoms with Gasteiger partial charge in [0, 0.05) is 12.1 Å². The molecule has 11 heteroatoms. The number of H-pyrrole nitrogens is 1. The summed E-state index contributed by atoms with van der Waals surface area (Å²) in [5, 5.41) is 8.30. The van der Waals surface area contributed by atoms with E-state index in [0.29, 0.717) is 5.89 Å². The Labute approximate surface area is 204 Å². The molecule has 4 aromatic rings. The molecule has 2 heterocycles. The largest absolute Gasteiger partial charge is 0.411 e. The number of anilines is 2. The average molecular weight is 493 g/mol. The first-order valence-corrected chi connectivity index (χ1v) is 11.9. The number of aromatic nitrogens is 4. The van der Waals surface area contributed by atoms with Crippen LogP contribution in [0.5, 0.6) is 0 Å². The molecule has 10 nitrogen and oxygen atoms in total. The summed E-state index contributed by atoms with van der Waals surface area (Å²) in [5.74, 6) is -0.184. The van der Waals surface area contributed by atoms with Crippen LogP contribution in [0.1, 0.15) is 18.1 Å². The second-order valence-electron chi connectivity index (χ2n) is 7.68.